The Kier molecular flexibility index (Phi) is 5.14. The first-order valence-corrected chi connectivity index (χ1v) is 11.0. The number of imidazole rings is 1. The van der Waals surface area contributed by atoms with Crippen molar-refractivity contribution in [2.75, 3.05) is 12.5 Å². The van der Waals surface area contributed by atoms with Gasteiger partial charge in [0.15, 0.2) is 5.16 Å². The van der Waals surface area contributed by atoms with Crippen molar-refractivity contribution >= 4 is 67.6 Å². The summed E-state index contributed by atoms with van der Waals surface area (Å²) in [7, 11) is -3.53. The molecule has 132 valence electrons. The second-order valence-corrected chi connectivity index (χ2v) is 8.85. The summed E-state index contributed by atoms with van der Waals surface area (Å²) in [6, 6.07) is 8.05. The lowest BCUT2D eigenvalue weighted by Gasteiger charge is -2.10. The van der Waals surface area contributed by atoms with Crippen molar-refractivity contribution in [3.05, 3.63) is 45.4 Å². The summed E-state index contributed by atoms with van der Waals surface area (Å²) in [6.45, 7) is 0. The lowest BCUT2D eigenvalue weighted by atomic mass is 10.3. The number of rotatable bonds is 4. The van der Waals surface area contributed by atoms with Crippen LogP contribution in [0.15, 0.2) is 35.5 Å². The third-order valence-electron chi connectivity index (χ3n) is 3.29. The van der Waals surface area contributed by atoms with Crippen LogP contribution in [0.25, 0.3) is 11.0 Å². The molecule has 0 bridgehead atoms. The molecular formula is C15H11Cl3N2O3S2. The van der Waals surface area contributed by atoms with Crippen molar-refractivity contribution < 1.29 is 13.2 Å². The number of ether oxygens (including phenoxy) is 1. The van der Waals surface area contributed by atoms with E-state index in [2.05, 4.69) is 4.98 Å². The average Bonchev–Trinajstić information content (AvgIpc) is 2.89. The molecule has 5 nitrogen and oxygen atoms in total. The molecule has 0 spiro atoms. The van der Waals surface area contributed by atoms with E-state index in [0.717, 1.165) is 10.2 Å². The molecular weight excluding hydrogens is 427 g/mol. The minimum Gasteiger partial charge on any atom is -0.454 e. The largest absolute Gasteiger partial charge is 0.454 e. The van der Waals surface area contributed by atoms with Gasteiger partial charge in [-0.25, -0.2) is 17.4 Å². The zero-order valence-corrected chi connectivity index (χ0v) is 16.9. The van der Waals surface area contributed by atoms with Crippen LogP contribution in [0.4, 0.5) is 0 Å². The molecule has 0 aliphatic carbocycles. The Balaban J connectivity index is 2.16. The summed E-state index contributed by atoms with van der Waals surface area (Å²) < 4.78 is 31.0. The molecule has 0 fully saturated rings. The van der Waals surface area contributed by atoms with E-state index in [1.807, 2.05) is 0 Å². The predicted octanol–water partition coefficient (Wildman–Crippen LogP) is 5.32. The van der Waals surface area contributed by atoms with Gasteiger partial charge in [-0.2, -0.15) is 0 Å². The molecule has 1 heterocycles. The van der Waals surface area contributed by atoms with Crippen LogP contribution in [0.5, 0.6) is 11.5 Å². The molecule has 0 atom stereocenters. The standard InChI is InChI=1S/C15H11Cl3N2O3S2/c1-24-15-19-10-7-13(23-12-5-3-4-8(16)14(12)18)9(17)6-11(10)20(15)25(2,21)22/h3-7H,1-2H3. The zero-order valence-electron chi connectivity index (χ0n) is 13.0. The highest BCUT2D eigenvalue weighted by atomic mass is 35.5. The summed E-state index contributed by atoms with van der Waals surface area (Å²) in [6.07, 6.45) is 2.85. The number of aromatic nitrogens is 2. The second-order valence-electron chi connectivity index (χ2n) is 5.05. The van der Waals surface area contributed by atoms with Gasteiger partial charge in [0, 0.05) is 6.07 Å². The molecule has 2 aromatic carbocycles. The molecule has 25 heavy (non-hydrogen) atoms. The van der Waals surface area contributed by atoms with Crippen LogP contribution in [-0.4, -0.2) is 29.9 Å². The SMILES string of the molecule is CSc1nc2cc(Oc3cccc(Cl)c3Cl)c(Cl)cc2n1S(C)(=O)=O. The minimum absolute atomic E-state index is 0.223. The fraction of sp³-hybridized carbons (Fsp3) is 0.133. The van der Waals surface area contributed by atoms with E-state index < -0.39 is 10.0 Å². The molecule has 0 unspecified atom stereocenters. The summed E-state index contributed by atoms with van der Waals surface area (Å²) in [4.78, 5) is 4.33. The van der Waals surface area contributed by atoms with E-state index in [9.17, 15) is 8.42 Å². The number of hydrogen-bond acceptors (Lipinski definition) is 5. The minimum atomic E-state index is -3.53. The van der Waals surface area contributed by atoms with Gasteiger partial charge in [-0.3, -0.25) is 0 Å². The summed E-state index contributed by atoms with van der Waals surface area (Å²) in [5.41, 5.74) is 0.814. The first-order valence-electron chi connectivity index (χ1n) is 6.80. The molecule has 1 aromatic heterocycles. The van der Waals surface area contributed by atoms with Crippen LogP contribution < -0.4 is 4.74 Å². The van der Waals surface area contributed by atoms with E-state index in [-0.39, 0.29) is 10.0 Å². The van der Waals surface area contributed by atoms with E-state index in [1.54, 1.807) is 30.5 Å². The van der Waals surface area contributed by atoms with Gasteiger partial charge in [-0.1, -0.05) is 52.6 Å². The van der Waals surface area contributed by atoms with E-state index in [1.165, 1.54) is 17.8 Å². The Morgan fingerprint density at radius 1 is 1.12 bits per heavy atom. The van der Waals surface area contributed by atoms with Crippen LogP contribution in [0.1, 0.15) is 0 Å². The smallest absolute Gasteiger partial charge is 0.238 e. The Bertz CT molecular complexity index is 1080. The van der Waals surface area contributed by atoms with Crippen molar-refractivity contribution in [3.63, 3.8) is 0 Å². The molecule has 0 radical (unpaired) electrons. The van der Waals surface area contributed by atoms with Crippen LogP contribution >= 0.6 is 46.6 Å². The maximum Gasteiger partial charge on any atom is 0.238 e. The quantitative estimate of drug-likeness (QED) is 0.517. The molecule has 0 saturated heterocycles. The lowest BCUT2D eigenvalue weighted by Crippen LogP contribution is -2.10. The topological polar surface area (TPSA) is 61.2 Å². The summed E-state index contributed by atoms with van der Waals surface area (Å²) in [5, 5.41) is 1.17. The van der Waals surface area contributed by atoms with Gasteiger partial charge in [0.1, 0.15) is 16.5 Å². The summed E-state index contributed by atoms with van der Waals surface area (Å²) >= 11 is 19.6. The first kappa shape index (κ1) is 18.7. The Labute approximate surface area is 163 Å². The van der Waals surface area contributed by atoms with Gasteiger partial charge >= 0.3 is 0 Å². The third kappa shape index (κ3) is 3.57. The fourth-order valence-electron chi connectivity index (χ4n) is 2.24. The highest BCUT2D eigenvalue weighted by molar-refractivity contribution is 7.99. The van der Waals surface area contributed by atoms with Crippen LogP contribution in [-0.2, 0) is 10.0 Å². The van der Waals surface area contributed by atoms with Gasteiger partial charge in [-0.15, -0.1) is 0 Å². The molecule has 0 amide bonds. The van der Waals surface area contributed by atoms with Gasteiger partial charge in [0.05, 0.1) is 27.3 Å². The van der Waals surface area contributed by atoms with Crippen molar-refractivity contribution in [1.29, 1.82) is 0 Å². The number of benzene rings is 2. The Morgan fingerprint density at radius 3 is 2.48 bits per heavy atom. The van der Waals surface area contributed by atoms with Crippen molar-refractivity contribution in [2.24, 2.45) is 0 Å². The predicted molar refractivity (Wildman–Crippen MR) is 103 cm³/mol. The normalized spacial score (nSPS) is 11.9. The van der Waals surface area contributed by atoms with Crippen LogP contribution in [0, 0.1) is 0 Å². The number of fused-ring (bicyclic) bond motifs is 1. The average molecular weight is 438 g/mol. The number of thioether (sulfide) groups is 1. The van der Waals surface area contributed by atoms with Crippen molar-refractivity contribution in [3.8, 4) is 11.5 Å². The maximum atomic E-state index is 12.1. The Morgan fingerprint density at radius 2 is 1.84 bits per heavy atom. The maximum absolute atomic E-state index is 12.1. The number of nitrogens with zero attached hydrogens (tertiary/aromatic N) is 2. The molecule has 3 aromatic rings. The fourth-order valence-corrected chi connectivity index (χ4v) is 4.68. The number of halogens is 3. The van der Waals surface area contributed by atoms with Gasteiger partial charge < -0.3 is 4.74 Å². The molecule has 0 aliphatic heterocycles. The van der Waals surface area contributed by atoms with E-state index >= 15 is 0 Å². The molecule has 0 N–H and O–H groups in total. The van der Waals surface area contributed by atoms with Gasteiger partial charge in [-0.05, 0) is 24.5 Å². The van der Waals surface area contributed by atoms with Gasteiger partial charge in [0.2, 0.25) is 10.0 Å². The lowest BCUT2D eigenvalue weighted by molar-refractivity contribution is 0.484. The number of hydrogen-bond donors (Lipinski definition) is 0. The van der Waals surface area contributed by atoms with Crippen molar-refractivity contribution in [1.82, 2.24) is 8.96 Å². The van der Waals surface area contributed by atoms with E-state index in [0.29, 0.717) is 32.7 Å². The highest BCUT2D eigenvalue weighted by Gasteiger charge is 2.20. The van der Waals surface area contributed by atoms with Crippen LogP contribution in [0.2, 0.25) is 15.1 Å². The summed E-state index contributed by atoms with van der Waals surface area (Å²) in [5.74, 6) is 0.632. The first-order chi connectivity index (χ1) is 11.7. The zero-order chi connectivity index (χ0) is 18.4. The van der Waals surface area contributed by atoms with Crippen LogP contribution in [0.3, 0.4) is 0 Å². The second kappa shape index (κ2) is 6.89. The monoisotopic (exact) mass is 436 g/mol. The molecule has 3 rings (SSSR count). The highest BCUT2D eigenvalue weighted by Crippen LogP contribution is 2.39. The van der Waals surface area contributed by atoms with Crippen molar-refractivity contribution in [2.45, 2.75) is 5.16 Å². The van der Waals surface area contributed by atoms with Gasteiger partial charge in [0.25, 0.3) is 0 Å². The van der Waals surface area contributed by atoms with E-state index in [4.69, 9.17) is 39.5 Å². The Hall–Kier alpha value is -1.12. The molecule has 0 saturated carbocycles. The molecule has 10 heteroatoms. The molecule has 0 aliphatic rings. The third-order valence-corrected chi connectivity index (χ3v) is 6.17.